The summed E-state index contributed by atoms with van der Waals surface area (Å²) >= 11 is 0. The Morgan fingerprint density at radius 2 is 1.73 bits per heavy atom. The van der Waals surface area contributed by atoms with Crippen LogP contribution in [0.5, 0.6) is 0 Å². The van der Waals surface area contributed by atoms with Crippen LogP contribution in [0.4, 0.5) is 4.79 Å². The number of carbonyl (C=O) groups excluding carboxylic acids is 3. The van der Waals surface area contributed by atoms with Gasteiger partial charge in [0.2, 0.25) is 11.8 Å². The lowest BCUT2D eigenvalue weighted by molar-refractivity contribution is -0.428. The maximum atomic E-state index is 13.1. The van der Waals surface area contributed by atoms with E-state index in [2.05, 4.69) is 11.1 Å². The topological polar surface area (TPSA) is 106 Å². The number of barbiturate groups is 1. The molecule has 0 aromatic carbocycles. The van der Waals surface area contributed by atoms with Crippen molar-refractivity contribution in [3.63, 3.8) is 0 Å². The lowest BCUT2D eigenvalue weighted by Gasteiger charge is -2.38. The number of nitrogens with one attached hydrogen (secondary N) is 1. The fourth-order valence-corrected chi connectivity index (χ4v) is 4.51. The van der Waals surface area contributed by atoms with Crippen molar-refractivity contribution in [1.82, 2.24) is 10.2 Å². The quantitative estimate of drug-likeness (QED) is 0.582. The zero-order valence-electron chi connectivity index (χ0n) is 15.7. The molecule has 1 unspecified atom stereocenters. The number of amides is 4. The average molecular weight is 363 g/mol. The number of quaternary nitrogens is 1. The van der Waals surface area contributed by atoms with Crippen LogP contribution in [0.25, 0.3) is 0 Å². The zero-order valence-corrected chi connectivity index (χ0v) is 15.7. The minimum atomic E-state index is -0.964. The molecule has 3 atom stereocenters. The van der Waals surface area contributed by atoms with Gasteiger partial charge in [0.05, 0.1) is 0 Å². The molecule has 0 aromatic rings. The molecule has 2 saturated carbocycles. The summed E-state index contributed by atoms with van der Waals surface area (Å²) in [5.41, 5.74) is 4.79. The molecule has 1 heterocycles. The second-order valence-corrected chi connectivity index (χ2v) is 7.81. The number of rotatable bonds is 4. The molecule has 26 heavy (non-hydrogen) atoms. The van der Waals surface area contributed by atoms with Gasteiger partial charge in [-0.1, -0.05) is 32.6 Å². The van der Waals surface area contributed by atoms with E-state index in [0.29, 0.717) is 12.1 Å². The monoisotopic (exact) mass is 363 g/mol. The largest absolute Gasteiger partial charge is 0.353 e. The lowest BCUT2D eigenvalue weighted by Crippen LogP contribution is -2.67. The van der Waals surface area contributed by atoms with Gasteiger partial charge in [-0.05, 0) is 32.1 Å². The fraction of sp³-hybridized carbons (Fsp3) is 0.789. The van der Waals surface area contributed by atoms with E-state index >= 15 is 0 Å². The van der Waals surface area contributed by atoms with Gasteiger partial charge in [-0.15, -0.1) is 0 Å². The van der Waals surface area contributed by atoms with Gasteiger partial charge in [-0.25, -0.2) is 4.79 Å². The van der Waals surface area contributed by atoms with Gasteiger partial charge in [-0.2, -0.15) is 0 Å². The second-order valence-electron chi connectivity index (χ2n) is 7.81. The van der Waals surface area contributed by atoms with Gasteiger partial charge < -0.3 is 5.73 Å². The number of aliphatic imine (C=N–C) groups is 1. The Bertz CT molecular complexity index is 598. The van der Waals surface area contributed by atoms with E-state index in [-0.39, 0.29) is 24.0 Å². The third-order valence-corrected chi connectivity index (χ3v) is 6.03. The van der Waals surface area contributed by atoms with E-state index in [9.17, 15) is 14.4 Å². The Balaban J connectivity index is 1.84. The van der Waals surface area contributed by atoms with E-state index in [0.717, 1.165) is 57.8 Å². The maximum Gasteiger partial charge on any atom is 0.331 e. The number of carbonyl (C=O) groups is 3. The van der Waals surface area contributed by atoms with Gasteiger partial charge in [0.25, 0.3) is 0 Å². The first-order chi connectivity index (χ1) is 12.5. The molecule has 4 amide bonds. The Kier molecular flexibility index (Phi) is 6.06. The van der Waals surface area contributed by atoms with Crippen LogP contribution in [0.2, 0.25) is 0 Å². The highest BCUT2D eigenvalue weighted by Gasteiger charge is 2.46. The van der Waals surface area contributed by atoms with E-state index < -0.39 is 17.9 Å². The van der Waals surface area contributed by atoms with E-state index in [1.165, 1.54) is 4.90 Å². The van der Waals surface area contributed by atoms with Gasteiger partial charge in [-0.3, -0.25) is 24.8 Å². The molecule has 7 heteroatoms. The summed E-state index contributed by atoms with van der Waals surface area (Å²) in [5, 5.41) is 2.40. The highest BCUT2D eigenvalue weighted by Crippen LogP contribution is 2.27. The molecule has 0 radical (unpaired) electrons. The second kappa shape index (κ2) is 8.29. The summed E-state index contributed by atoms with van der Waals surface area (Å²) in [4.78, 5) is 44.0. The Morgan fingerprint density at radius 3 is 2.38 bits per heavy atom. The minimum Gasteiger partial charge on any atom is -0.353 e. The number of nitrogens with zero attached hydrogens (tertiary/aromatic N) is 2. The standard InChI is InChI=1S/C19H30N4O3/c1-2-14(21-15-11-7-6-10-13(15)20)16-17(24)22-19(26)23(18(16)25)12-8-4-3-5-9-12/h12-13,15-16H,2-11,20H2,1H3,(H,22,24,26)/p+1/t13-,15-,16?/m0/s1. The van der Waals surface area contributed by atoms with Crippen molar-refractivity contribution < 1.29 is 20.1 Å². The molecule has 0 spiro atoms. The normalized spacial score (nSPS) is 31.9. The van der Waals surface area contributed by atoms with Gasteiger partial charge >= 0.3 is 6.03 Å². The Morgan fingerprint density at radius 1 is 1.08 bits per heavy atom. The predicted molar refractivity (Wildman–Crippen MR) is 97.4 cm³/mol. The van der Waals surface area contributed by atoms with Crippen LogP contribution >= 0.6 is 0 Å². The first-order valence-electron chi connectivity index (χ1n) is 10.1. The molecule has 0 aromatic heterocycles. The molecule has 1 aliphatic heterocycles. The van der Waals surface area contributed by atoms with Crippen LogP contribution in [-0.2, 0) is 9.59 Å². The average Bonchev–Trinajstić information content (AvgIpc) is 2.63. The third-order valence-electron chi connectivity index (χ3n) is 6.03. The molecule has 4 N–H and O–H groups in total. The van der Waals surface area contributed by atoms with Crippen molar-refractivity contribution in [2.45, 2.75) is 89.3 Å². The Labute approximate surface area is 154 Å². The molecular weight excluding hydrogens is 332 g/mol. The van der Waals surface area contributed by atoms with Crippen molar-refractivity contribution in [3.8, 4) is 0 Å². The van der Waals surface area contributed by atoms with E-state index in [1.54, 1.807) is 0 Å². The van der Waals surface area contributed by atoms with Crippen molar-refractivity contribution in [3.05, 3.63) is 0 Å². The molecule has 3 rings (SSSR count). The molecule has 144 valence electrons. The van der Waals surface area contributed by atoms with Gasteiger partial charge in [0.1, 0.15) is 12.1 Å². The first-order valence-corrected chi connectivity index (χ1v) is 10.1. The van der Waals surface area contributed by atoms with Crippen molar-refractivity contribution in [2.24, 2.45) is 10.9 Å². The van der Waals surface area contributed by atoms with Crippen LogP contribution in [0, 0.1) is 5.92 Å². The molecule has 2 aliphatic carbocycles. The van der Waals surface area contributed by atoms with Crippen molar-refractivity contribution in [2.75, 3.05) is 0 Å². The van der Waals surface area contributed by atoms with Crippen LogP contribution < -0.4 is 11.1 Å². The zero-order chi connectivity index (χ0) is 18.7. The van der Waals surface area contributed by atoms with Crippen molar-refractivity contribution in [1.29, 1.82) is 0 Å². The van der Waals surface area contributed by atoms with Crippen LogP contribution in [0.3, 0.4) is 0 Å². The van der Waals surface area contributed by atoms with Crippen LogP contribution in [0.1, 0.15) is 71.1 Å². The highest BCUT2D eigenvalue weighted by molar-refractivity contribution is 6.27. The SMILES string of the molecule is CCC(=N[C@H]1CCCC[C@@H]1[NH3+])C1C(=O)NC(=O)N(C2CCCCC2)C1=O. The molecule has 0 bridgehead atoms. The minimum absolute atomic E-state index is 0.0695. The van der Waals surface area contributed by atoms with Crippen molar-refractivity contribution >= 4 is 23.6 Å². The lowest BCUT2D eigenvalue weighted by atomic mass is 9.89. The molecular formula is C19H31N4O3+. The molecule has 1 saturated heterocycles. The summed E-state index contributed by atoms with van der Waals surface area (Å²) in [6, 6.07) is -0.366. The molecule has 7 nitrogen and oxygen atoms in total. The molecule has 3 fully saturated rings. The van der Waals surface area contributed by atoms with Gasteiger partial charge in [0, 0.05) is 18.2 Å². The highest BCUT2D eigenvalue weighted by atomic mass is 16.2. The van der Waals surface area contributed by atoms with Crippen LogP contribution in [-0.4, -0.2) is 46.6 Å². The van der Waals surface area contributed by atoms with E-state index in [1.807, 2.05) is 6.92 Å². The first kappa shape index (κ1) is 19.0. The number of urea groups is 1. The summed E-state index contributed by atoms with van der Waals surface area (Å²) in [5.74, 6) is -1.87. The molecule has 3 aliphatic rings. The van der Waals surface area contributed by atoms with E-state index in [4.69, 9.17) is 4.99 Å². The number of hydrogen-bond donors (Lipinski definition) is 2. The number of hydrogen-bond acceptors (Lipinski definition) is 4. The van der Waals surface area contributed by atoms with Crippen LogP contribution in [0.15, 0.2) is 4.99 Å². The summed E-state index contributed by atoms with van der Waals surface area (Å²) in [6.07, 6.45) is 9.58. The smallest absolute Gasteiger partial charge is 0.331 e. The summed E-state index contributed by atoms with van der Waals surface area (Å²) in [6.45, 7) is 1.92. The summed E-state index contributed by atoms with van der Waals surface area (Å²) in [7, 11) is 0. The maximum absolute atomic E-state index is 13.1. The van der Waals surface area contributed by atoms with Gasteiger partial charge in [0.15, 0.2) is 5.92 Å². The third kappa shape index (κ3) is 3.82. The number of imide groups is 2. The fourth-order valence-electron chi connectivity index (χ4n) is 4.51. The predicted octanol–water partition coefficient (Wildman–Crippen LogP) is 1.42. The Hall–Kier alpha value is -1.76. The summed E-state index contributed by atoms with van der Waals surface area (Å²) < 4.78 is 0.